The van der Waals surface area contributed by atoms with Crippen LogP contribution in [0.25, 0.3) is 0 Å². The zero-order chi connectivity index (χ0) is 19.4. The summed E-state index contributed by atoms with van der Waals surface area (Å²) in [6.45, 7) is 3.86. The molecule has 0 atom stereocenters. The minimum Gasteiger partial charge on any atom is -0.410 e. The Balaban J connectivity index is 1.85. The molecule has 0 aliphatic carbocycles. The molecule has 1 aromatic rings. The number of para-hydroxylation sites is 1. The molecule has 2 aliphatic rings. The van der Waals surface area contributed by atoms with Crippen molar-refractivity contribution >= 4 is 6.09 Å². The predicted octanol–water partition coefficient (Wildman–Crippen LogP) is 3.76. The van der Waals surface area contributed by atoms with Crippen LogP contribution in [0.15, 0.2) is 76.8 Å². The fraction of sp³-hybridized carbons (Fsp3) is 0.190. The van der Waals surface area contributed by atoms with Gasteiger partial charge in [0.15, 0.2) is 0 Å². The van der Waals surface area contributed by atoms with Crippen molar-refractivity contribution < 1.29 is 9.53 Å². The first-order valence-electron chi connectivity index (χ1n) is 8.44. The Morgan fingerprint density at radius 2 is 1.78 bits per heavy atom. The van der Waals surface area contributed by atoms with Gasteiger partial charge in [-0.25, -0.2) is 4.79 Å². The minimum absolute atomic E-state index is 0.240. The minimum atomic E-state index is -0.518. The van der Waals surface area contributed by atoms with Gasteiger partial charge in [0.1, 0.15) is 5.75 Å². The molecule has 27 heavy (non-hydrogen) atoms. The highest BCUT2D eigenvalue weighted by Crippen LogP contribution is 2.35. The molecule has 0 spiro atoms. The second-order valence-corrected chi connectivity index (χ2v) is 6.25. The molecular formula is C21H18N4O2. The van der Waals surface area contributed by atoms with Gasteiger partial charge < -0.3 is 10.1 Å². The number of hydrogen-bond donors (Lipinski definition) is 1. The number of dihydropyridines is 1. The van der Waals surface area contributed by atoms with E-state index < -0.39 is 12.0 Å². The van der Waals surface area contributed by atoms with Crippen LogP contribution in [0.2, 0.25) is 0 Å². The average Bonchev–Trinajstić information content (AvgIpc) is 2.68. The number of nitriles is 2. The van der Waals surface area contributed by atoms with Gasteiger partial charge in [0.2, 0.25) is 0 Å². The summed E-state index contributed by atoms with van der Waals surface area (Å²) in [7, 11) is 0. The van der Waals surface area contributed by atoms with Gasteiger partial charge in [-0.3, -0.25) is 4.90 Å². The van der Waals surface area contributed by atoms with E-state index >= 15 is 0 Å². The lowest BCUT2D eigenvalue weighted by Gasteiger charge is -2.31. The van der Waals surface area contributed by atoms with E-state index in [1.54, 1.807) is 36.5 Å². The first-order valence-corrected chi connectivity index (χ1v) is 8.44. The second-order valence-electron chi connectivity index (χ2n) is 6.25. The lowest BCUT2D eigenvalue weighted by atomic mass is 9.80. The number of ether oxygens (including phenoxy) is 1. The van der Waals surface area contributed by atoms with Crippen LogP contribution in [0.4, 0.5) is 4.79 Å². The van der Waals surface area contributed by atoms with Crippen molar-refractivity contribution in [2.75, 3.05) is 6.54 Å². The molecule has 0 radical (unpaired) electrons. The number of carbonyl (C=O) groups excluding carboxylic acids is 1. The molecule has 6 nitrogen and oxygen atoms in total. The Morgan fingerprint density at radius 1 is 1.15 bits per heavy atom. The second kappa shape index (κ2) is 7.63. The van der Waals surface area contributed by atoms with Crippen LogP contribution >= 0.6 is 0 Å². The third kappa shape index (κ3) is 3.61. The van der Waals surface area contributed by atoms with Crippen LogP contribution in [0.3, 0.4) is 0 Å². The van der Waals surface area contributed by atoms with Crippen molar-refractivity contribution in [3.05, 3.63) is 76.8 Å². The van der Waals surface area contributed by atoms with Crippen molar-refractivity contribution in [3.63, 3.8) is 0 Å². The normalized spacial score (nSPS) is 17.0. The third-order valence-corrected chi connectivity index (χ3v) is 4.48. The zero-order valence-electron chi connectivity index (χ0n) is 15.1. The van der Waals surface area contributed by atoms with Crippen molar-refractivity contribution in [2.24, 2.45) is 5.92 Å². The van der Waals surface area contributed by atoms with Gasteiger partial charge >= 0.3 is 6.09 Å². The van der Waals surface area contributed by atoms with E-state index in [0.717, 1.165) is 5.57 Å². The van der Waals surface area contributed by atoms with Crippen LogP contribution in [-0.4, -0.2) is 17.5 Å². The Labute approximate surface area is 158 Å². The molecule has 1 aromatic carbocycles. The number of hydrogen-bond acceptors (Lipinski definition) is 5. The lowest BCUT2D eigenvalue weighted by Crippen LogP contribution is -2.35. The number of nitrogens with zero attached hydrogens (tertiary/aromatic N) is 3. The fourth-order valence-electron chi connectivity index (χ4n) is 3.19. The molecule has 0 saturated carbocycles. The number of allylic oxidation sites excluding steroid dienone is 6. The molecule has 0 aromatic heterocycles. The molecule has 0 fully saturated rings. The van der Waals surface area contributed by atoms with Crippen molar-refractivity contribution in [2.45, 2.75) is 13.8 Å². The highest BCUT2D eigenvalue weighted by Gasteiger charge is 2.33. The van der Waals surface area contributed by atoms with Crippen LogP contribution in [0.5, 0.6) is 5.75 Å². The molecule has 0 unspecified atom stereocenters. The van der Waals surface area contributed by atoms with Gasteiger partial charge in [-0.2, -0.15) is 10.5 Å². The molecule has 3 rings (SSSR count). The summed E-state index contributed by atoms with van der Waals surface area (Å²) in [4.78, 5) is 13.9. The molecular weight excluding hydrogens is 340 g/mol. The molecule has 1 N–H and O–H groups in total. The maximum Gasteiger partial charge on any atom is 0.419 e. The van der Waals surface area contributed by atoms with Gasteiger partial charge in [0, 0.05) is 17.6 Å². The predicted molar refractivity (Wildman–Crippen MR) is 99.6 cm³/mol. The van der Waals surface area contributed by atoms with E-state index in [4.69, 9.17) is 4.74 Å². The standard InChI is InChI=1S/C21H18N4O2/c1-14-18(11-22)20(19(12-23)15(2)24-14)16-7-6-10-25(13-16)21(26)27-17-8-4-3-5-9-17/h3-10,20,24H,13H2,1-2H3. The molecule has 134 valence electrons. The Bertz CT molecular complexity index is 936. The van der Waals surface area contributed by atoms with Gasteiger partial charge in [-0.1, -0.05) is 24.3 Å². The number of benzene rings is 1. The van der Waals surface area contributed by atoms with E-state index in [1.165, 1.54) is 4.90 Å². The Kier molecular flexibility index (Phi) is 5.10. The molecule has 0 saturated heterocycles. The quantitative estimate of drug-likeness (QED) is 0.869. The third-order valence-electron chi connectivity index (χ3n) is 4.48. The maximum atomic E-state index is 12.5. The Morgan fingerprint density at radius 3 is 2.37 bits per heavy atom. The van der Waals surface area contributed by atoms with Crippen LogP contribution < -0.4 is 10.1 Å². The van der Waals surface area contributed by atoms with Crippen LogP contribution in [0.1, 0.15) is 13.8 Å². The summed E-state index contributed by atoms with van der Waals surface area (Å²) in [5, 5.41) is 22.3. The highest BCUT2D eigenvalue weighted by molar-refractivity contribution is 5.73. The van der Waals surface area contributed by atoms with Gasteiger partial charge in [0.05, 0.1) is 35.7 Å². The van der Waals surface area contributed by atoms with Gasteiger partial charge in [0.25, 0.3) is 0 Å². The fourth-order valence-corrected chi connectivity index (χ4v) is 3.19. The molecule has 6 heteroatoms. The van der Waals surface area contributed by atoms with E-state index in [1.807, 2.05) is 26.0 Å². The van der Waals surface area contributed by atoms with E-state index in [0.29, 0.717) is 28.3 Å². The first-order chi connectivity index (χ1) is 13.0. The number of carbonyl (C=O) groups is 1. The van der Waals surface area contributed by atoms with Crippen LogP contribution in [-0.2, 0) is 0 Å². The molecule has 1 amide bonds. The lowest BCUT2D eigenvalue weighted by molar-refractivity contribution is 0.171. The van der Waals surface area contributed by atoms with E-state index in [2.05, 4.69) is 17.5 Å². The first kappa shape index (κ1) is 18.0. The van der Waals surface area contributed by atoms with E-state index in [-0.39, 0.29) is 6.54 Å². The molecule has 2 aliphatic heterocycles. The number of amides is 1. The summed E-state index contributed by atoms with van der Waals surface area (Å²) in [5.41, 5.74) is 3.18. The van der Waals surface area contributed by atoms with Crippen molar-refractivity contribution in [1.82, 2.24) is 10.2 Å². The topological polar surface area (TPSA) is 89.2 Å². The van der Waals surface area contributed by atoms with Crippen molar-refractivity contribution in [3.8, 4) is 17.9 Å². The maximum absolute atomic E-state index is 12.5. The number of rotatable bonds is 2. The van der Waals surface area contributed by atoms with E-state index in [9.17, 15) is 15.3 Å². The Hall–Kier alpha value is -3.77. The van der Waals surface area contributed by atoms with Gasteiger partial charge in [-0.15, -0.1) is 0 Å². The molecule has 0 bridgehead atoms. The summed E-state index contributed by atoms with van der Waals surface area (Å²) < 4.78 is 5.38. The summed E-state index contributed by atoms with van der Waals surface area (Å²) in [5.74, 6) is -0.0194. The van der Waals surface area contributed by atoms with Crippen molar-refractivity contribution in [1.29, 1.82) is 10.5 Å². The van der Waals surface area contributed by atoms with Gasteiger partial charge in [-0.05, 0) is 37.6 Å². The smallest absolute Gasteiger partial charge is 0.410 e. The SMILES string of the molecule is CC1=C(C#N)C(C2=CC=CN(C(=O)Oc3ccccc3)C2)C(C#N)=C(C)N1. The summed E-state index contributed by atoms with van der Waals surface area (Å²) >= 11 is 0. The summed E-state index contributed by atoms with van der Waals surface area (Å²) in [6, 6.07) is 13.2. The largest absolute Gasteiger partial charge is 0.419 e. The summed E-state index contributed by atoms with van der Waals surface area (Å²) in [6.07, 6.45) is 4.68. The highest BCUT2D eigenvalue weighted by atomic mass is 16.6. The number of nitrogens with one attached hydrogen (secondary N) is 1. The van der Waals surface area contributed by atoms with Crippen LogP contribution in [0, 0.1) is 28.6 Å². The monoisotopic (exact) mass is 358 g/mol. The average molecular weight is 358 g/mol. The molecule has 2 heterocycles. The zero-order valence-corrected chi connectivity index (χ0v) is 15.1.